The second-order valence-corrected chi connectivity index (χ2v) is 10.9. The van der Waals surface area contributed by atoms with Crippen LogP contribution in [-0.4, -0.2) is 42.3 Å². The summed E-state index contributed by atoms with van der Waals surface area (Å²) in [4.78, 5) is 25.8. The standard InChI is InChI=1S/C32H39NO6/c1-7-27-32(6,39-29(34)24-14-9-8-10-15-24)28(38-31(4,5)37-27)21(2)20-36-30(35)33-22(3)25-18-17-23-13-11-12-16-26(23)19-25/h8-19,21-22,27-28H,7,20H2,1-6H3,(H,33,35)/t21-,22?,27?,28?,32+/m0/s1. The number of amides is 1. The minimum atomic E-state index is -1.10. The average Bonchev–Trinajstić information content (AvgIpc) is 2.93. The van der Waals surface area contributed by atoms with Crippen LogP contribution >= 0.6 is 0 Å². The predicted molar refractivity (Wildman–Crippen MR) is 150 cm³/mol. The molecule has 1 aliphatic rings. The predicted octanol–water partition coefficient (Wildman–Crippen LogP) is 6.81. The molecule has 1 fully saturated rings. The topological polar surface area (TPSA) is 83.1 Å². The van der Waals surface area contributed by atoms with Crippen LogP contribution < -0.4 is 5.32 Å². The minimum absolute atomic E-state index is 0.0753. The molecule has 1 aliphatic heterocycles. The molecule has 39 heavy (non-hydrogen) atoms. The molecule has 0 aliphatic carbocycles. The summed E-state index contributed by atoms with van der Waals surface area (Å²) in [5.74, 6) is -1.65. The van der Waals surface area contributed by atoms with Gasteiger partial charge in [0.2, 0.25) is 0 Å². The SMILES string of the molecule is CCC1OC(C)(C)OC([C@@H](C)COC(=O)NC(C)c2ccc3ccccc3c2)[C@]1(C)OC(=O)c1ccccc1. The zero-order valence-electron chi connectivity index (χ0n) is 23.6. The van der Waals surface area contributed by atoms with Crippen molar-refractivity contribution in [3.63, 3.8) is 0 Å². The van der Waals surface area contributed by atoms with Gasteiger partial charge in [-0.25, -0.2) is 9.59 Å². The number of rotatable bonds is 8. The Labute approximate surface area is 230 Å². The average molecular weight is 534 g/mol. The molecule has 1 N–H and O–H groups in total. The lowest BCUT2D eigenvalue weighted by Gasteiger charge is -2.52. The Morgan fingerprint density at radius 2 is 1.59 bits per heavy atom. The van der Waals surface area contributed by atoms with E-state index < -0.39 is 35.7 Å². The minimum Gasteiger partial charge on any atom is -0.450 e. The Kier molecular flexibility index (Phi) is 8.62. The van der Waals surface area contributed by atoms with Gasteiger partial charge in [-0.1, -0.05) is 68.4 Å². The van der Waals surface area contributed by atoms with Gasteiger partial charge >= 0.3 is 12.1 Å². The molecule has 7 heteroatoms. The third-order valence-corrected chi connectivity index (χ3v) is 7.34. The Bertz CT molecular complexity index is 1290. The lowest BCUT2D eigenvalue weighted by molar-refractivity contribution is -0.366. The van der Waals surface area contributed by atoms with Gasteiger partial charge in [0, 0.05) is 5.92 Å². The third-order valence-electron chi connectivity index (χ3n) is 7.34. The monoisotopic (exact) mass is 533 g/mol. The molecule has 5 atom stereocenters. The van der Waals surface area contributed by atoms with E-state index in [-0.39, 0.29) is 18.6 Å². The smallest absolute Gasteiger partial charge is 0.407 e. The third kappa shape index (κ3) is 6.60. The van der Waals surface area contributed by atoms with Gasteiger partial charge < -0.3 is 24.3 Å². The second kappa shape index (κ2) is 11.8. The zero-order valence-corrected chi connectivity index (χ0v) is 23.6. The molecular formula is C32H39NO6. The molecule has 0 bridgehead atoms. The quantitative estimate of drug-likeness (QED) is 0.320. The number of hydrogen-bond acceptors (Lipinski definition) is 6. The van der Waals surface area contributed by atoms with E-state index in [1.807, 2.05) is 77.9 Å². The van der Waals surface area contributed by atoms with Gasteiger partial charge in [-0.3, -0.25) is 0 Å². The van der Waals surface area contributed by atoms with Gasteiger partial charge in [0.1, 0.15) is 12.2 Å². The van der Waals surface area contributed by atoms with Crippen molar-refractivity contribution in [2.45, 2.75) is 77.6 Å². The van der Waals surface area contributed by atoms with Crippen molar-refractivity contribution in [1.82, 2.24) is 5.32 Å². The van der Waals surface area contributed by atoms with E-state index in [1.165, 1.54) is 0 Å². The van der Waals surface area contributed by atoms with Crippen molar-refractivity contribution in [2.24, 2.45) is 5.92 Å². The first-order valence-corrected chi connectivity index (χ1v) is 13.6. The van der Waals surface area contributed by atoms with Crippen LogP contribution in [0.3, 0.4) is 0 Å². The maximum atomic E-state index is 13.1. The van der Waals surface area contributed by atoms with E-state index in [0.29, 0.717) is 12.0 Å². The molecule has 1 saturated heterocycles. The second-order valence-electron chi connectivity index (χ2n) is 10.9. The van der Waals surface area contributed by atoms with Gasteiger partial charge in [0.25, 0.3) is 0 Å². The van der Waals surface area contributed by atoms with E-state index in [9.17, 15) is 9.59 Å². The molecule has 7 nitrogen and oxygen atoms in total. The molecule has 0 aromatic heterocycles. The summed E-state index contributed by atoms with van der Waals surface area (Å²) in [6.07, 6.45) is -0.907. The van der Waals surface area contributed by atoms with Crippen LogP contribution in [0.4, 0.5) is 4.79 Å². The Balaban J connectivity index is 1.44. The van der Waals surface area contributed by atoms with Gasteiger partial charge in [-0.05, 0) is 68.7 Å². The van der Waals surface area contributed by atoms with E-state index in [2.05, 4.69) is 17.4 Å². The number of fused-ring (bicyclic) bond motifs is 1. The molecule has 3 aromatic carbocycles. The highest BCUT2D eigenvalue weighted by Gasteiger charge is 2.55. The number of carbonyl (C=O) groups is 2. The van der Waals surface area contributed by atoms with Crippen molar-refractivity contribution in [2.75, 3.05) is 6.61 Å². The van der Waals surface area contributed by atoms with Gasteiger partial charge in [0.05, 0.1) is 18.2 Å². The molecule has 3 aromatic rings. The highest BCUT2D eigenvalue weighted by Crippen LogP contribution is 2.41. The molecule has 4 rings (SSSR count). The first kappa shape index (κ1) is 28.6. The van der Waals surface area contributed by atoms with Crippen molar-refractivity contribution >= 4 is 22.8 Å². The number of ether oxygens (including phenoxy) is 4. The number of hydrogen-bond donors (Lipinski definition) is 1. The summed E-state index contributed by atoms with van der Waals surface area (Å²) in [6, 6.07) is 22.8. The van der Waals surface area contributed by atoms with Gasteiger partial charge in [0.15, 0.2) is 11.4 Å². The van der Waals surface area contributed by atoms with Gasteiger partial charge in [-0.2, -0.15) is 0 Å². The van der Waals surface area contributed by atoms with Crippen LogP contribution in [0.2, 0.25) is 0 Å². The van der Waals surface area contributed by atoms with Crippen LogP contribution in [0.1, 0.15) is 69.9 Å². The lowest BCUT2D eigenvalue weighted by atomic mass is 9.82. The Morgan fingerprint density at radius 3 is 2.28 bits per heavy atom. The first-order valence-electron chi connectivity index (χ1n) is 13.6. The van der Waals surface area contributed by atoms with Crippen molar-refractivity contribution < 1.29 is 28.5 Å². The van der Waals surface area contributed by atoms with E-state index in [1.54, 1.807) is 24.3 Å². The lowest BCUT2D eigenvalue weighted by Crippen LogP contribution is -2.65. The number of nitrogens with one attached hydrogen (secondary N) is 1. The van der Waals surface area contributed by atoms with Crippen LogP contribution in [0.5, 0.6) is 0 Å². The Hall–Kier alpha value is -3.42. The molecule has 208 valence electrons. The number of alkyl carbamates (subject to hydrolysis) is 1. The maximum Gasteiger partial charge on any atom is 0.407 e. The largest absolute Gasteiger partial charge is 0.450 e. The van der Waals surface area contributed by atoms with E-state index in [4.69, 9.17) is 18.9 Å². The Morgan fingerprint density at radius 1 is 0.923 bits per heavy atom. The summed E-state index contributed by atoms with van der Waals surface area (Å²) < 4.78 is 24.3. The number of carbonyl (C=O) groups excluding carboxylic acids is 2. The summed E-state index contributed by atoms with van der Waals surface area (Å²) in [5.41, 5.74) is 0.331. The normalized spacial score (nSPS) is 23.9. The summed E-state index contributed by atoms with van der Waals surface area (Å²) >= 11 is 0. The molecule has 0 saturated carbocycles. The maximum absolute atomic E-state index is 13.1. The van der Waals surface area contributed by atoms with Crippen LogP contribution in [0.25, 0.3) is 10.8 Å². The summed E-state index contributed by atoms with van der Waals surface area (Å²) in [6.45, 7) is 11.4. The van der Waals surface area contributed by atoms with Crippen molar-refractivity contribution in [1.29, 1.82) is 0 Å². The fourth-order valence-electron chi connectivity index (χ4n) is 5.29. The van der Waals surface area contributed by atoms with Gasteiger partial charge in [-0.15, -0.1) is 0 Å². The molecule has 1 amide bonds. The van der Waals surface area contributed by atoms with E-state index in [0.717, 1.165) is 16.3 Å². The zero-order chi connectivity index (χ0) is 28.2. The molecule has 0 radical (unpaired) electrons. The molecule has 0 spiro atoms. The van der Waals surface area contributed by atoms with Crippen LogP contribution in [-0.2, 0) is 18.9 Å². The fraction of sp³-hybridized carbons (Fsp3) is 0.438. The van der Waals surface area contributed by atoms with Crippen LogP contribution in [0, 0.1) is 5.92 Å². The summed E-state index contributed by atoms with van der Waals surface area (Å²) in [7, 11) is 0. The van der Waals surface area contributed by atoms with Crippen molar-refractivity contribution in [3.05, 3.63) is 83.9 Å². The highest BCUT2D eigenvalue weighted by molar-refractivity contribution is 5.89. The number of esters is 1. The molecule has 1 heterocycles. The first-order chi connectivity index (χ1) is 18.5. The van der Waals surface area contributed by atoms with Crippen molar-refractivity contribution in [3.8, 4) is 0 Å². The highest BCUT2D eigenvalue weighted by atomic mass is 16.7. The fourth-order valence-corrected chi connectivity index (χ4v) is 5.29. The van der Waals surface area contributed by atoms with E-state index >= 15 is 0 Å². The molecule has 3 unspecified atom stereocenters. The molecular weight excluding hydrogens is 494 g/mol. The van der Waals surface area contributed by atoms with Crippen LogP contribution in [0.15, 0.2) is 72.8 Å². The summed E-state index contributed by atoms with van der Waals surface area (Å²) in [5, 5.41) is 5.17. The number of benzene rings is 3.